The van der Waals surface area contributed by atoms with Crippen LogP contribution in [-0.2, 0) is 6.42 Å². The Labute approximate surface area is 112 Å². The summed E-state index contributed by atoms with van der Waals surface area (Å²) in [6.07, 6.45) is 2.43. The van der Waals surface area contributed by atoms with Crippen LogP contribution >= 0.6 is 23.2 Å². The molecule has 2 nitrogen and oxygen atoms in total. The Balaban J connectivity index is 2.01. The molecular weight excluding hydrogens is 257 g/mol. The Hall–Kier alpha value is -0.280. The molecule has 2 unspecified atom stereocenters. The van der Waals surface area contributed by atoms with E-state index in [4.69, 9.17) is 23.2 Å². The molecule has 2 N–H and O–H groups in total. The number of aliphatic hydroxyl groups is 1. The van der Waals surface area contributed by atoms with Crippen molar-refractivity contribution in [2.45, 2.75) is 25.4 Å². The van der Waals surface area contributed by atoms with Crippen molar-refractivity contribution in [1.82, 2.24) is 5.32 Å². The van der Waals surface area contributed by atoms with Crippen LogP contribution in [0.15, 0.2) is 18.2 Å². The molecule has 0 radical (unpaired) electrons. The first kappa shape index (κ1) is 13.2. The molecule has 1 fully saturated rings. The molecule has 94 valence electrons. The van der Waals surface area contributed by atoms with E-state index in [2.05, 4.69) is 5.32 Å². The molecule has 1 aliphatic heterocycles. The van der Waals surface area contributed by atoms with Crippen LogP contribution in [0.2, 0.25) is 10.0 Å². The number of nitrogens with one attached hydrogen (secondary N) is 1. The van der Waals surface area contributed by atoms with Crippen LogP contribution in [0.5, 0.6) is 0 Å². The number of halogens is 2. The van der Waals surface area contributed by atoms with Crippen LogP contribution in [0.1, 0.15) is 18.4 Å². The molecule has 1 aromatic carbocycles. The summed E-state index contributed by atoms with van der Waals surface area (Å²) in [6.45, 7) is 1.94. The molecule has 2 atom stereocenters. The minimum Gasteiger partial charge on any atom is -0.392 e. The molecule has 1 heterocycles. The minimum atomic E-state index is -0.348. The van der Waals surface area contributed by atoms with Crippen LogP contribution in [-0.4, -0.2) is 24.3 Å². The summed E-state index contributed by atoms with van der Waals surface area (Å²) in [4.78, 5) is 0. The van der Waals surface area contributed by atoms with Gasteiger partial charge in [-0.05, 0) is 36.9 Å². The highest BCUT2D eigenvalue weighted by Gasteiger charge is 2.22. The van der Waals surface area contributed by atoms with Gasteiger partial charge in [0, 0.05) is 13.0 Å². The van der Waals surface area contributed by atoms with Crippen molar-refractivity contribution in [1.29, 1.82) is 0 Å². The van der Waals surface area contributed by atoms with Crippen molar-refractivity contribution in [2.24, 2.45) is 5.92 Å². The molecule has 0 amide bonds. The van der Waals surface area contributed by atoms with Gasteiger partial charge in [-0.15, -0.1) is 0 Å². The first-order chi connectivity index (χ1) is 8.18. The summed E-state index contributed by atoms with van der Waals surface area (Å²) in [5, 5.41) is 14.6. The fourth-order valence-electron chi connectivity index (χ4n) is 2.31. The maximum Gasteiger partial charge on any atom is 0.0625 e. The molecule has 0 aromatic heterocycles. The molecular formula is C13H17Cl2NO. The van der Waals surface area contributed by atoms with Gasteiger partial charge in [-0.3, -0.25) is 0 Å². The second-order valence-electron chi connectivity index (χ2n) is 4.59. The average molecular weight is 274 g/mol. The van der Waals surface area contributed by atoms with Gasteiger partial charge in [0.15, 0.2) is 0 Å². The number of hydrogen-bond acceptors (Lipinski definition) is 2. The zero-order chi connectivity index (χ0) is 12.3. The Kier molecular flexibility index (Phi) is 4.69. The van der Waals surface area contributed by atoms with Gasteiger partial charge in [0.25, 0.3) is 0 Å². The largest absolute Gasteiger partial charge is 0.392 e. The van der Waals surface area contributed by atoms with Gasteiger partial charge in [0.1, 0.15) is 0 Å². The van der Waals surface area contributed by atoms with Crippen LogP contribution in [0.3, 0.4) is 0 Å². The molecule has 4 heteroatoms. The van der Waals surface area contributed by atoms with Crippen molar-refractivity contribution in [3.8, 4) is 0 Å². The normalized spacial score (nSPS) is 22.4. The van der Waals surface area contributed by atoms with E-state index in [0.717, 1.165) is 31.5 Å². The second kappa shape index (κ2) is 6.05. The molecule has 1 saturated heterocycles. The molecule has 1 aromatic rings. The van der Waals surface area contributed by atoms with Crippen molar-refractivity contribution < 1.29 is 5.11 Å². The number of piperidine rings is 1. The highest BCUT2D eigenvalue weighted by atomic mass is 35.5. The molecule has 1 aliphatic rings. The van der Waals surface area contributed by atoms with Crippen LogP contribution in [0, 0.1) is 5.92 Å². The zero-order valence-electron chi connectivity index (χ0n) is 9.63. The maximum atomic E-state index is 10.2. The Morgan fingerprint density at radius 3 is 2.94 bits per heavy atom. The highest BCUT2D eigenvalue weighted by Crippen LogP contribution is 2.28. The third-order valence-electron chi connectivity index (χ3n) is 3.34. The number of rotatable bonds is 3. The SMILES string of the molecule is OC(Cc1cccc(Cl)c1Cl)C1CCCNC1. The standard InChI is InChI=1S/C13H17Cl2NO/c14-11-5-1-3-9(13(11)15)7-12(17)10-4-2-6-16-8-10/h1,3,5,10,12,16-17H,2,4,6-8H2. The fourth-order valence-corrected chi connectivity index (χ4v) is 2.70. The molecule has 17 heavy (non-hydrogen) atoms. The summed E-state index contributed by atoms with van der Waals surface area (Å²) in [6, 6.07) is 5.56. The van der Waals surface area contributed by atoms with Gasteiger partial charge in [-0.2, -0.15) is 0 Å². The van der Waals surface area contributed by atoms with E-state index in [0.29, 0.717) is 22.4 Å². The van der Waals surface area contributed by atoms with Gasteiger partial charge in [0.2, 0.25) is 0 Å². The van der Waals surface area contributed by atoms with Crippen LogP contribution in [0.4, 0.5) is 0 Å². The van der Waals surface area contributed by atoms with E-state index in [1.807, 2.05) is 12.1 Å². The Morgan fingerprint density at radius 1 is 1.41 bits per heavy atom. The van der Waals surface area contributed by atoms with E-state index in [1.165, 1.54) is 0 Å². The molecule has 0 saturated carbocycles. The van der Waals surface area contributed by atoms with Crippen LogP contribution < -0.4 is 5.32 Å². The molecule has 0 spiro atoms. The van der Waals surface area contributed by atoms with Gasteiger partial charge in [-0.1, -0.05) is 35.3 Å². The number of aliphatic hydroxyl groups excluding tert-OH is 1. The summed E-state index contributed by atoms with van der Waals surface area (Å²) < 4.78 is 0. The highest BCUT2D eigenvalue weighted by molar-refractivity contribution is 6.42. The smallest absolute Gasteiger partial charge is 0.0625 e. The Bertz CT molecular complexity index is 378. The third kappa shape index (κ3) is 3.35. The zero-order valence-corrected chi connectivity index (χ0v) is 11.1. The quantitative estimate of drug-likeness (QED) is 0.888. The van der Waals surface area contributed by atoms with Crippen molar-refractivity contribution >= 4 is 23.2 Å². The van der Waals surface area contributed by atoms with E-state index < -0.39 is 0 Å². The minimum absolute atomic E-state index is 0.318. The topological polar surface area (TPSA) is 32.3 Å². The van der Waals surface area contributed by atoms with Crippen LogP contribution in [0.25, 0.3) is 0 Å². The van der Waals surface area contributed by atoms with E-state index >= 15 is 0 Å². The summed E-state index contributed by atoms with van der Waals surface area (Å²) >= 11 is 12.1. The predicted molar refractivity (Wildman–Crippen MR) is 71.8 cm³/mol. The maximum absolute atomic E-state index is 10.2. The first-order valence-electron chi connectivity index (χ1n) is 6.00. The first-order valence-corrected chi connectivity index (χ1v) is 6.75. The lowest BCUT2D eigenvalue weighted by Crippen LogP contribution is -2.37. The molecule has 0 bridgehead atoms. The third-order valence-corrected chi connectivity index (χ3v) is 4.20. The monoisotopic (exact) mass is 273 g/mol. The lowest BCUT2D eigenvalue weighted by Gasteiger charge is -2.27. The molecule has 2 rings (SSSR count). The van der Waals surface area contributed by atoms with E-state index in [9.17, 15) is 5.11 Å². The Morgan fingerprint density at radius 2 is 2.24 bits per heavy atom. The lowest BCUT2D eigenvalue weighted by atomic mass is 9.90. The van der Waals surface area contributed by atoms with Gasteiger partial charge in [0.05, 0.1) is 16.1 Å². The van der Waals surface area contributed by atoms with Gasteiger partial charge in [-0.25, -0.2) is 0 Å². The summed E-state index contributed by atoms with van der Waals surface area (Å²) in [5.41, 5.74) is 0.928. The predicted octanol–water partition coefficient (Wildman–Crippen LogP) is 2.90. The number of benzene rings is 1. The van der Waals surface area contributed by atoms with E-state index in [1.54, 1.807) is 6.07 Å². The summed E-state index contributed by atoms with van der Waals surface area (Å²) in [5.74, 6) is 0.318. The van der Waals surface area contributed by atoms with Crippen molar-refractivity contribution in [3.63, 3.8) is 0 Å². The van der Waals surface area contributed by atoms with Gasteiger partial charge >= 0.3 is 0 Å². The second-order valence-corrected chi connectivity index (χ2v) is 5.38. The summed E-state index contributed by atoms with van der Waals surface area (Å²) in [7, 11) is 0. The number of hydrogen-bond donors (Lipinski definition) is 2. The lowest BCUT2D eigenvalue weighted by molar-refractivity contribution is 0.0922. The average Bonchev–Trinajstić information content (AvgIpc) is 2.36. The van der Waals surface area contributed by atoms with Crippen molar-refractivity contribution in [2.75, 3.05) is 13.1 Å². The fraction of sp³-hybridized carbons (Fsp3) is 0.538. The molecule has 0 aliphatic carbocycles. The van der Waals surface area contributed by atoms with Crippen molar-refractivity contribution in [3.05, 3.63) is 33.8 Å². The van der Waals surface area contributed by atoms with Gasteiger partial charge < -0.3 is 10.4 Å². The van der Waals surface area contributed by atoms with E-state index in [-0.39, 0.29) is 6.10 Å².